The predicted molar refractivity (Wildman–Crippen MR) is 63.9 cm³/mol. The van der Waals surface area contributed by atoms with E-state index in [1.54, 1.807) is 13.2 Å². The summed E-state index contributed by atoms with van der Waals surface area (Å²) in [5.74, 6) is 0.323. The molecule has 3 nitrogen and oxygen atoms in total. The minimum Gasteiger partial charge on any atom is -0.493 e. The monoisotopic (exact) mass is 242 g/mol. The second kappa shape index (κ2) is 8.03. The van der Waals surface area contributed by atoms with Crippen LogP contribution in [-0.2, 0) is 9.47 Å². The predicted octanol–water partition coefficient (Wildman–Crippen LogP) is 2.57. The third-order valence-electron chi connectivity index (χ3n) is 2.27. The Hall–Kier alpha value is -1.13. The van der Waals surface area contributed by atoms with Gasteiger partial charge in [-0.2, -0.15) is 0 Å². The minimum atomic E-state index is -0.276. The number of ether oxygens (including phenoxy) is 3. The van der Waals surface area contributed by atoms with Crippen molar-refractivity contribution in [1.29, 1.82) is 0 Å². The Morgan fingerprint density at radius 3 is 2.71 bits per heavy atom. The van der Waals surface area contributed by atoms with Gasteiger partial charge in [-0.15, -0.1) is 0 Å². The summed E-state index contributed by atoms with van der Waals surface area (Å²) in [7, 11) is 1.64. The van der Waals surface area contributed by atoms with Crippen molar-refractivity contribution in [3.63, 3.8) is 0 Å². The Kier molecular flexibility index (Phi) is 6.58. The number of aryl methyl sites for hydroxylation is 1. The maximum absolute atomic E-state index is 12.9. The fraction of sp³-hybridized carbons (Fsp3) is 0.538. The molecule has 0 heterocycles. The Morgan fingerprint density at radius 2 is 1.94 bits per heavy atom. The lowest BCUT2D eigenvalue weighted by atomic mass is 10.2. The van der Waals surface area contributed by atoms with Gasteiger partial charge in [-0.05, 0) is 18.6 Å². The molecule has 0 spiro atoms. The molecule has 0 aliphatic heterocycles. The van der Waals surface area contributed by atoms with Gasteiger partial charge < -0.3 is 14.2 Å². The van der Waals surface area contributed by atoms with Crippen LogP contribution in [0.5, 0.6) is 5.75 Å². The molecule has 0 atom stereocenters. The van der Waals surface area contributed by atoms with Crippen LogP contribution in [0.1, 0.15) is 12.0 Å². The van der Waals surface area contributed by atoms with Crippen molar-refractivity contribution in [2.24, 2.45) is 0 Å². The molecule has 0 radical (unpaired) electrons. The largest absolute Gasteiger partial charge is 0.493 e. The lowest BCUT2D eigenvalue weighted by Crippen LogP contribution is -2.07. The fourth-order valence-corrected chi connectivity index (χ4v) is 1.32. The zero-order chi connectivity index (χ0) is 12.5. The Labute approximate surface area is 101 Å². The first-order valence-electron chi connectivity index (χ1n) is 5.69. The number of hydrogen-bond donors (Lipinski definition) is 0. The summed E-state index contributed by atoms with van der Waals surface area (Å²) in [6.07, 6.45) is 0.777. The van der Waals surface area contributed by atoms with Gasteiger partial charge in [0, 0.05) is 26.2 Å². The van der Waals surface area contributed by atoms with E-state index in [4.69, 9.17) is 14.2 Å². The zero-order valence-corrected chi connectivity index (χ0v) is 10.4. The second-order valence-electron chi connectivity index (χ2n) is 3.72. The third-order valence-corrected chi connectivity index (χ3v) is 2.27. The van der Waals surface area contributed by atoms with E-state index in [0.29, 0.717) is 32.2 Å². The van der Waals surface area contributed by atoms with Crippen LogP contribution in [0, 0.1) is 12.7 Å². The van der Waals surface area contributed by atoms with E-state index in [-0.39, 0.29) is 5.82 Å². The maximum atomic E-state index is 12.9. The first-order valence-corrected chi connectivity index (χ1v) is 5.69. The van der Waals surface area contributed by atoms with Gasteiger partial charge in [0.05, 0.1) is 19.8 Å². The Balaban J connectivity index is 2.15. The van der Waals surface area contributed by atoms with Crippen molar-refractivity contribution in [1.82, 2.24) is 0 Å². The molecule has 0 saturated heterocycles. The summed E-state index contributed by atoms with van der Waals surface area (Å²) in [5.41, 5.74) is 0.937. The normalized spacial score (nSPS) is 10.5. The van der Waals surface area contributed by atoms with Crippen molar-refractivity contribution < 1.29 is 18.6 Å². The molecule has 1 aromatic rings. The standard InChI is InChI=1S/C13H19FO3/c1-11-4-5-12(14)10-13(11)17-7-3-6-16-9-8-15-2/h4-5,10H,3,6-9H2,1-2H3. The Morgan fingerprint density at radius 1 is 1.12 bits per heavy atom. The van der Waals surface area contributed by atoms with Gasteiger partial charge in [-0.1, -0.05) is 6.07 Å². The zero-order valence-electron chi connectivity index (χ0n) is 10.4. The minimum absolute atomic E-state index is 0.276. The van der Waals surface area contributed by atoms with Crippen LogP contribution in [0.3, 0.4) is 0 Å². The smallest absolute Gasteiger partial charge is 0.126 e. The summed E-state index contributed by atoms with van der Waals surface area (Å²) in [4.78, 5) is 0. The van der Waals surface area contributed by atoms with Crippen LogP contribution in [0.2, 0.25) is 0 Å². The summed E-state index contributed by atoms with van der Waals surface area (Å²) >= 11 is 0. The molecular weight excluding hydrogens is 223 g/mol. The molecular formula is C13H19FO3. The summed E-state index contributed by atoms with van der Waals surface area (Å²) in [5, 5.41) is 0. The van der Waals surface area contributed by atoms with Gasteiger partial charge >= 0.3 is 0 Å². The van der Waals surface area contributed by atoms with Gasteiger partial charge in [-0.3, -0.25) is 0 Å². The number of halogens is 1. The SMILES string of the molecule is COCCOCCCOc1cc(F)ccc1C. The van der Waals surface area contributed by atoms with Gasteiger partial charge in [-0.25, -0.2) is 4.39 Å². The summed E-state index contributed by atoms with van der Waals surface area (Å²) in [6.45, 7) is 4.23. The van der Waals surface area contributed by atoms with E-state index in [1.807, 2.05) is 6.92 Å². The van der Waals surface area contributed by atoms with E-state index in [0.717, 1.165) is 12.0 Å². The highest BCUT2D eigenvalue weighted by Crippen LogP contribution is 2.18. The van der Waals surface area contributed by atoms with Crippen LogP contribution in [0.15, 0.2) is 18.2 Å². The average molecular weight is 242 g/mol. The van der Waals surface area contributed by atoms with Crippen LogP contribution in [0.4, 0.5) is 4.39 Å². The lowest BCUT2D eigenvalue weighted by Gasteiger charge is -2.09. The highest BCUT2D eigenvalue weighted by atomic mass is 19.1. The molecule has 0 fully saturated rings. The van der Waals surface area contributed by atoms with E-state index in [9.17, 15) is 4.39 Å². The number of rotatable bonds is 8. The van der Waals surface area contributed by atoms with E-state index in [1.165, 1.54) is 12.1 Å². The van der Waals surface area contributed by atoms with E-state index in [2.05, 4.69) is 0 Å². The second-order valence-corrected chi connectivity index (χ2v) is 3.72. The molecule has 0 saturated carbocycles. The fourth-order valence-electron chi connectivity index (χ4n) is 1.32. The summed E-state index contributed by atoms with van der Waals surface area (Å²) < 4.78 is 28.6. The molecule has 17 heavy (non-hydrogen) atoms. The first kappa shape index (κ1) is 13.9. The van der Waals surface area contributed by atoms with Crippen molar-refractivity contribution >= 4 is 0 Å². The van der Waals surface area contributed by atoms with Gasteiger partial charge in [0.15, 0.2) is 0 Å². The lowest BCUT2D eigenvalue weighted by molar-refractivity contribution is 0.0644. The van der Waals surface area contributed by atoms with E-state index < -0.39 is 0 Å². The molecule has 0 unspecified atom stereocenters. The molecule has 4 heteroatoms. The van der Waals surface area contributed by atoms with Gasteiger partial charge in [0.1, 0.15) is 11.6 Å². The molecule has 1 aromatic carbocycles. The van der Waals surface area contributed by atoms with Crippen LogP contribution < -0.4 is 4.74 Å². The average Bonchev–Trinajstić information content (AvgIpc) is 2.32. The quantitative estimate of drug-likeness (QED) is 0.656. The van der Waals surface area contributed by atoms with Crippen LogP contribution in [-0.4, -0.2) is 33.5 Å². The number of methoxy groups -OCH3 is 1. The maximum Gasteiger partial charge on any atom is 0.126 e. The van der Waals surface area contributed by atoms with Gasteiger partial charge in [0.25, 0.3) is 0 Å². The number of benzene rings is 1. The van der Waals surface area contributed by atoms with Crippen molar-refractivity contribution in [3.8, 4) is 5.75 Å². The number of hydrogen-bond acceptors (Lipinski definition) is 3. The first-order chi connectivity index (χ1) is 8.24. The summed E-state index contributed by atoms with van der Waals surface area (Å²) in [6, 6.07) is 4.54. The highest BCUT2D eigenvalue weighted by Gasteiger charge is 2.01. The molecule has 0 aliphatic carbocycles. The molecule has 0 amide bonds. The molecule has 1 rings (SSSR count). The highest BCUT2D eigenvalue weighted by molar-refractivity contribution is 5.32. The molecule has 0 aromatic heterocycles. The molecule has 0 aliphatic rings. The van der Waals surface area contributed by atoms with Gasteiger partial charge in [0.2, 0.25) is 0 Å². The third kappa shape index (κ3) is 5.65. The van der Waals surface area contributed by atoms with Crippen LogP contribution >= 0.6 is 0 Å². The van der Waals surface area contributed by atoms with Crippen LogP contribution in [0.25, 0.3) is 0 Å². The Bertz CT molecular complexity index is 328. The molecule has 0 bridgehead atoms. The van der Waals surface area contributed by atoms with E-state index >= 15 is 0 Å². The topological polar surface area (TPSA) is 27.7 Å². The van der Waals surface area contributed by atoms with Crippen molar-refractivity contribution in [3.05, 3.63) is 29.6 Å². The molecule has 96 valence electrons. The van der Waals surface area contributed by atoms with Crippen molar-refractivity contribution in [2.75, 3.05) is 33.5 Å². The van der Waals surface area contributed by atoms with Crippen molar-refractivity contribution in [2.45, 2.75) is 13.3 Å². The molecule has 0 N–H and O–H groups in total.